The molecule has 0 radical (unpaired) electrons. The summed E-state index contributed by atoms with van der Waals surface area (Å²) in [4.78, 5) is 38.6. The second-order valence-corrected chi connectivity index (χ2v) is 6.94. The predicted molar refractivity (Wildman–Crippen MR) is 108 cm³/mol. The van der Waals surface area contributed by atoms with Gasteiger partial charge in [-0.3, -0.25) is 9.59 Å². The predicted octanol–water partition coefficient (Wildman–Crippen LogP) is 2.09. The zero-order valence-electron chi connectivity index (χ0n) is 16.6. The van der Waals surface area contributed by atoms with Crippen molar-refractivity contribution in [1.29, 1.82) is 0 Å². The van der Waals surface area contributed by atoms with Crippen molar-refractivity contribution in [2.45, 2.75) is 13.5 Å². The van der Waals surface area contributed by atoms with Gasteiger partial charge in [-0.1, -0.05) is 6.07 Å². The number of thiophene rings is 1. The van der Waals surface area contributed by atoms with Crippen molar-refractivity contribution in [3.8, 4) is 11.5 Å². The van der Waals surface area contributed by atoms with Crippen molar-refractivity contribution in [3.63, 3.8) is 0 Å². The highest BCUT2D eigenvalue weighted by atomic mass is 32.1. The van der Waals surface area contributed by atoms with Crippen LogP contribution in [0.4, 0.5) is 0 Å². The van der Waals surface area contributed by atoms with E-state index < -0.39 is 5.97 Å². The molecule has 1 heterocycles. The standard InChI is InChI=1S/C20H24N2O6S/c1-4-22(12-18(23)21-11-15-6-5-9-29-15)19(24)13-28-16-8-7-14(20(25)27-3)10-17(16)26-2/h5-10H,4,11-13H2,1-3H3,(H,21,23). The Hall–Kier alpha value is -3.07. The van der Waals surface area contributed by atoms with Crippen LogP contribution in [0.5, 0.6) is 11.5 Å². The number of hydrogen-bond acceptors (Lipinski definition) is 7. The van der Waals surface area contributed by atoms with Gasteiger partial charge in [0.1, 0.15) is 0 Å². The summed E-state index contributed by atoms with van der Waals surface area (Å²) in [6.07, 6.45) is 0. The molecule has 0 spiro atoms. The van der Waals surface area contributed by atoms with Crippen LogP contribution in [0.3, 0.4) is 0 Å². The second kappa shape index (κ2) is 11.1. The first-order valence-corrected chi connectivity index (χ1v) is 9.82. The highest BCUT2D eigenvalue weighted by molar-refractivity contribution is 7.09. The topological polar surface area (TPSA) is 94.2 Å². The van der Waals surface area contributed by atoms with Crippen LogP contribution < -0.4 is 14.8 Å². The van der Waals surface area contributed by atoms with E-state index in [1.807, 2.05) is 17.5 Å². The fourth-order valence-electron chi connectivity index (χ4n) is 2.47. The largest absolute Gasteiger partial charge is 0.493 e. The summed E-state index contributed by atoms with van der Waals surface area (Å²) in [5, 5.41) is 4.73. The fraction of sp³-hybridized carbons (Fsp3) is 0.350. The Kier molecular flexibility index (Phi) is 8.47. The van der Waals surface area contributed by atoms with Gasteiger partial charge in [0.2, 0.25) is 5.91 Å². The highest BCUT2D eigenvalue weighted by Gasteiger charge is 2.18. The molecule has 8 nitrogen and oxygen atoms in total. The minimum atomic E-state index is -0.503. The first kappa shape index (κ1) is 22.2. The second-order valence-electron chi connectivity index (χ2n) is 5.91. The molecule has 0 atom stereocenters. The van der Waals surface area contributed by atoms with Gasteiger partial charge >= 0.3 is 5.97 Å². The lowest BCUT2D eigenvalue weighted by Crippen LogP contribution is -2.42. The Morgan fingerprint density at radius 3 is 2.55 bits per heavy atom. The summed E-state index contributed by atoms with van der Waals surface area (Å²) < 4.78 is 15.4. The molecule has 156 valence electrons. The number of hydrogen-bond donors (Lipinski definition) is 1. The van der Waals surface area contributed by atoms with Crippen LogP contribution in [0.2, 0.25) is 0 Å². The minimum absolute atomic E-state index is 0.0531. The lowest BCUT2D eigenvalue weighted by Gasteiger charge is -2.21. The van der Waals surface area contributed by atoms with Crippen molar-refractivity contribution in [2.75, 3.05) is 33.9 Å². The molecule has 2 amide bonds. The average Bonchev–Trinajstić information content (AvgIpc) is 3.27. The number of likely N-dealkylation sites (N-methyl/N-ethyl adjacent to an activating group) is 1. The summed E-state index contributed by atoms with van der Waals surface area (Å²) in [5.41, 5.74) is 0.306. The van der Waals surface area contributed by atoms with Crippen LogP contribution in [0.1, 0.15) is 22.2 Å². The third-order valence-corrected chi connectivity index (χ3v) is 4.92. The van der Waals surface area contributed by atoms with Crippen molar-refractivity contribution in [3.05, 3.63) is 46.2 Å². The molecule has 29 heavy (non-hydrogen) atoms. The van der Waals surface area contributed by atoms with E-state index in [-0.39, 0.29) is 25.0 Å². The number of carbonyl (C=O) groups excluding carboxylic acids is 3. The summed E-state index contributed by atoms with van der Waals surface area (Å²) >= 11 is 1.55. The average molecular weight is 420 g/mol. The Morgan fingerprint density at radius 1 is 1.14 bits per heavy atom. The summed E-state index contributed by atoms with van der Waals surface area (Å²) in [7, 11) is 2.72. The first-order chi connectivity index (χ1) is 14.0. The SMILES string of the molecule is CCN(CC(=O)NCc1cccs1)C(=O)COc1ccc(C(=O)OC)cc1OC. The van der Waals surface area contributed by atoms with E-state index in [1.165, 1.54) is 37.3 Å². The molecular weight excluding hydrogens is 396 g/mol. The molecule has 2 rings (SSSR count). The Morgan fingerprint density at radius 2 is 1.93 bits per heavy atom. The molecule has 0 saturated carbocycles. The maximum absolute atomic E-state index is 12.4. The molecule has 1 aromatic heterocycles. The zero-order chi connectivity index (χ0) is 21.2. The Labute approximate surface area is 173 Å². The third kappa shape index (κ3) is 6.49. The van der Waals surface area contributed by atoms with Crippen LogP contribution in [-0.2, 0) is 20.9 Å². The van der Waals surface area contributed by atoms with Gasteiger partial charge in [-0.25, -0.2) is 4.79 Å². The maximum Gasteiger partial charge on any atom is 0.337 e. The van der Waals surface area contributed by atoms with E-state index in [0.29, 0.717) is 30.2 Å². The van der Waals surface area contributed by atoms with Crippen molar-refractivity contribution in [1.82, 2.24) is 10.2 Å². The number of ether oxygens (including phenoxy) is 3. The van der Waals surface area contributed by atoms with Gasteiger partial charge in [0, 0.05) is 11.4 Å². The van der Waals surface area contributed by atoms with Gasteiger partial charge in [-0.15, -0.1) is 11.3 Å². The van der Waals surface area contributed by atoms with E-state index in [0.717, 1.165) is 4.88 Å². The summed E-state index contributed by atoms with van der Waals surface area (Å²) in [5.74, 6) is -0.465. The van der Waals surface area contributed by atoms with E-state index >= 15 is 0 Å². The van der Waals surface area contributed by atoms with Gasteiger partial charge in [0.05, 0.1) is 32.9 Å². The number of amides is 2. The third-order valence-electron chi connectivity index (χ3n) is 4.04. The normalized spacial score (nSPS) is 10.2. The fourth-order valence-corrected chi connectivity index (χ4v) is 3.11. The number of esters is 1. The van der Waals surface area contributed by atoms with Crippen LogP contribution in [0, 0.1) is 0 Å². The van der Waals surface area contributed by atoms with Crippen LogP contribution in [0.15, 0.2) is 35.7 Å². The smallest absolute Gasteiger partial charge is 0.337 e. The monoisotopic (exact) mass is 420 g/mol. The summed E-state index contributed by atoms with van der Waals surface area (Å²) in [6.45, 7) is 2.27. The number of nitrogens with zero attached hydrogens (tertiary/aromatic N) is 1. The summed E-state index contributed by atoms with van der Waals surface area (Å²) in [6, 6.07) is 8.37. The molecule has 0 unspecified atom stereocenters. The van der Waals surface area contributed by atoms with E-state index in [1.54, 1.807) is 18.3 Å². The minimum Gasteiger partial charge on any atom is -0.493 e. The Balaban J connectivity index is 1.90. The van der Waals surface area contributed by atoms with E-state index in [4.69, 9.17) is 9.47 Å². The molecule has 0 aliphatic rings. The van der Waals surface area contributed by atoms with E-state index in [2.05, 4.69) is 10.1 Å². The molecule has 9 heteroatoms. The molecule has 0 aliphatic heterocycles. The molecule has 1 N–H and O–H groups in total. The molecule has 1 aromatic carbocycles. The molecule has 0 fully saturated rings. The van der Waals surface area contributed by atoms with Crippen LogP contribution in [-0.4, -0.2) is 56.6 Å². The number of nitrogens with one attached hydrogen (secondary N) is 1. The van der Waals surface area contributed by atoms with Crippen LogP contribution >= 0.6 is 11.3 Å². The van der Waals surface area contributed by atoms with Gasteiger partial charge in [-0.05, 0) is 36.6 Å². The van der Waals surface area contributed by atoms with Crippen molar-refractivity contribution < 1.29 is 28.6 Å². The zero-order valence-corrected chi connectivity index (χ0v) is 17.4. The van der Waals surface area contributed by atoms with Gasteiger partial charge in [-0.2, -0.15) is 0 Å². The van der Waals surface area contributed by atoms with Crippen LogP contribution in [0.25, 0.3) is 0 Å². The maximum atomic E-state index is 12.4. The molecule has 2 aromatic rings. The van der Waals surface area contributed by atoms with Gasteiger partial charge in [0.25, 0.3) is 5.91 Å². The number of rotatable bonds is 10. The van der Waals surface area contributed by atoms with Crippen molar-refractivity contribution in [2.24, 2.45) is 0 Å². The van der Waals surface area contributed by atoms with E-state index in [9.17, 15) is 14.4 Å². The molecule has 0 saturated heterocycles. The molecule has 0 bridgehead atoms. The van der Waals surface area contributed by atoms with Crippen molar-refractivity contribution >= 4 is 29.1 Å². The first-order valence-electron chi connectivity index (χ1n) is 8.94. The van der Waals surface area contributed by atoms with Gasteiger partial charge < -0.3 is 24.4 Å². The Bertz CT molecular complexity index is 838. The molecule has 0 aliphatic carbocycles. The quantitative estimate of drug-likeness (QED) is 0.592. The lowest BCUT2D eigenvalue weighted by atomic mass is 10.2. The lowest BCUT2D eigenvalue weighted by molar-refractivity contribution is -0.137. The highest BCUT2D eigenvalue weighted by Crippen LogP contribution is 2.28. The number of carbonyl (C=O) groups is 3. The number of methoxy groups -OCH3 is 2. The van der Waals surface area contributed by atoms with Gasteiger partial charge in [0.15, 0.2) is 18.1 Å². The molecular formula is C20H24N2O6S. The number of benzene rings is 1.